The fourth-order valence-corrected chi connectivity index (χ4v) is 1.52. The highest BCUT2D eigenvalue weighted by molar-refractivity contribution is 5.86. The smallest absolute Gasteiger partial charge is 0.338 e. The van der Waals surface area contributed by atoms with Crippen molar-refractivity contribution < 1.29 is 18.7 Å². The molecule has 0 saturated heterocycles. The Kier molecular flexibility index (Phi) is 3.36. The van der Waals surface area contributed by atoms with E-state index in [1.165, 1.54) is 29.2 Å². The molecule has 0 aliphatic rings. The molecular formula is C12H10F2N2O2. The first-order valence-electron chi connectivity index (χ1n) is 5.19. The molecule has 0 unspecified atom stereocenters. The molecule has 1 heterocycles. The predicted molar refractivity (Wildman–Crippen MR) is 59.7 cm³/mol. The van der Waals surface area contributed by atoms with Crippen molar-refractivity contribution >= 4 is 5.97 Å². The maximum atomic E-state index is 12.3. The monoisotopic (exact) mass is 252 g/mol. The second-order valence-electron chi connectivity index (χ2n) is 3.77. The van der Waals surface area contributed by atoms with Gasteiger partial charge in [0.15, 0.2) is 0 Å². The highest BCUT2D eigenvalue weighted by Gasteiger charge is 2.08. The van der Waals surface area contributed by atoms with Gasteiger partial charge in [0.1, 0.15) is 0 Å². The third-order valence-electron chi connectivity index (χ3n) is 2.46. The lowest BCUT2D eigenvalue weighted by atomic mass is 10.1. The van der Waals surface area contributed by atoms with Crippen LogP contribution in [0.1, 0.15) is 27.9 Å². The number of carboxylic acids is 1. The number of halogens is 2. The van der Waals surface area contributed by atoms with Gasteiger partial charge in [0.25, 0.3) is 6.43 Å². The molecule has 6 heteroatoms. The fourth-order valence-electron chi connectivity index (χ4n) is 1.52. The molecule has 0 aliphatic carbocycles. The lowest BCUT2D eigenvalue weighted by molar-refractivity contribution is 0.0696. The Hall–Kier alpha value is -2.24. The number of hydrogen-bond acceptors (Lipinski definition) is 2. The third kappa shape index (κ3) is 2.71. The number of carboxylic acid groups (broad SMARTS) is 1. The van der Waals surface area contributed by atoms with E-state index in [1.54, 1.807) is 12.1 Å². The highest BCUT2D eigenvalue weighted by Crippen LogP contribution is 2.18. The number of alkyl halides is 2. The largest absolute Gasteiger partial charge is 0.478 e. The summed E-state index contributed by atoms with van der Waals surface area (Å²) >= 11 is 0. The minimum atomic E-state index is -2.48. The first-order chi connectivity index (χ1) is 8.56. The molecule has 0 radical (unpaired) electrons. The average Bonchev–Trinajstić information content (AvgIpc) is 2.78. The van der Waals surface area contributed by atoms with Gasteiger partial charge in [-0.25, -0.2) is 13.6 Å². The van der Waals surface area contributed by atoms with E-state index in [9.17, 15) is 13.6 Å². The summed E-state index contributed by atoms with van der Waals surface area (Å²) < 4.78 is 26.1. The summed E-state index contributed by atoms with van der Waals surface area (Å²) in [4.78, 5) is 10.6. The number of hydrogen-bond donors (Lipinski definition) is 1. The quantitative estimate of drug-likeness (QED) is 0.909. The van der Waals surface area contributed by atoms with Crippen molar-refractivity contribution in [1.82, 2.24) is 9.78 Å². The SMILES string of the molecule is O=C(O)c1cnn(Cc2ccc(C(F)F)cc2)c1. The van der Waals surface area contributed by atoms with E-state index in [0.717, 1.165) is 5.56 Å². The maximum absolute atomic E-state index is 12.3. The van der Waals surface area contributed by atoms with E-state index in [2.05, 4.69) is 5.10 Å². The Morgan fingerprint density at radius 1 is 1.33 bits per heavy atom. The van der Waals surface area contributed by atoms with E-state index in [-0.39, 0.29) is 11.1 Å². The normalized spacial score (nSPS) is 10.8. The molecule has 0 spiro atoms. The Morgan fingerprint density at radius 2 is 2.00 bits per heavy atom. The van der Waals surface area contributed by atoms with Crippen molar-refractivity contribution in [3.05, 3.63) is 53.3 Å². The molecule has 0 fully saturated rings. The molecule has 1 N–H and O–H groups in total. The van der Waals surface area contributed by atoms with Crippen molar-refractivity contribution in [3.63, 3.8) is 0 Å². The van der Waals surface area contributed by atoms with E-state index in [4.69, 9.17) is 5.11 Å². The van der Waals surface area contributed by atoms with Crippen LogP contribution in [0, 0.1) is 0 Å². The summed E-state index contributed by atoms with van der Waals surface area (Å²) in [5.41, 5.74) is 0.837. The molecule has 2 aromatic rings. The number of rotatable bonds is 4. The first kappa shape index (κ1) is 12.2. The lowest BCUT2D eigenvalue weighted by Crippen LogP contribution is -2.00. The molecule has 0 atom stereocenters. The van der Waals surface area contributed by atoms with Crippen LogP contribution < -0.4 is 0 Å². The molecule has 0 saturated carbocycles. The van der Waals surface area contributed by atoms with Gasteiger partial charge >= 0.3 is 5.97 Å². The summed E-state index contributed by atoms with van der Waals surface area (Å²) in [7, 11) is 0. The van der Waals surface area contributed by atoms with Crippen LogP contribution >= 0.6 is 0 Å². The second kappa shape index (κ2) is 4.95. The number of aromatic carboxylic acids is 1. The molecule has 0 aliphatic heterocycles. The summed E-state index contributed by atoms with van der Waals surface area (Å²) in [6.07, 6.45) is 0.154. The van der Waals surface area contributed by atoms with Crippen LogP contribution in [-0.2, 0) is 6.54 Å². The Labute approximate surface area is 101 Å². The summed E-state index contributed by atoms with van der Waals surface area (Å²) in [5, 5.41) is 12.6. The van der Waals surface area contributed by atoms with Crippen LogP contribution in [0.25, 0.3) is 0 Å². The van der Waals surface area contributed by atoms with Crippen LogP contribution in [0.2, 0.25) is 0 Å². The average molecular weight is 252 g/mol. The molecule has 94 valence electrons. The van der Waals surface area contributed by atoms with Gasteiger partial charge in [0.2, 0.25) is 0 Å². The Balaban J connectivity index is 2.10. The molecule has 0 amide bonds. The molecule has 4 nitrogen and oxygen atoms in total. The molecule has 1 aromatic carbocycles. The topological polar surface area (TPSA) is 55.1 Å². The van der Waals surface area contributed by atoms with Gasteiger partial charge in [-0.3, -0.25) is 4.68 Å². The molecule has 2 rings (SSSR count). The van der Waals surface area contributed by atoms with Gasteiger partial charge in [-0.1, -0.05) is 24.3 Å². The Morgan fingerprint density at radius 3 is 2.50 bits per heavy atom. The highest BCUT2D eigenvalue weighted by atomic mass is 19.3. The molecule has 1 aromatic heterocycles. The predicted octanol–water partition coefficient (Wildman–Crippen LogP) is 2.57. The van der Waals surface area contributed by atoms with Crippen LogP contribution in [0.15, 0.2) is 36.7 Å². The van der Waals surface area contributed by atoms with Crippen molar-refractivity contribution in [2.45, 2.75) is 13.0 Å². The van der Waals surface area contributed by atoms with Gasteiger partial charge in [-0.05, 0) is 5.56 Å². The van der Waals surface area contributed by atoms with Crippen LogP contribution in [0.5, 0.6) is 0 Å². The summed E-state index contributed by atoms with van der Waals surface area (Å²) in [6.45, 7) is 0.344. The third-order valence-corrected chi connectivity index (χ3v) is 2.46. The van der Waals surface area contributed by atoms with Crippen LogP contribution in [0.4, 0.5) is 8.78 Å². The lowest BCUT2D eigenvalue weighted by Gasteiger charge is -2.03. The van der Waals surface area contributed by atoms with E-state index in [1.807, 2.05) is 0 Å². The van der Waals surface area contributed by atoms with E-state index in [0.29, 0.717) is 6.54 Å². The van der Waals surface area contributed by atoms with Gasteiger partial charge in [-0.15, -0.1) is 0 Å². The number of aromatic nitrogens is 2. The number of nitrogens with zero attached hydrogens (tertiary/aromatic N) is 2. The van der Waals surface area contributed by atoms with E-state index >= 15 is 0 Å². The van der Waals surface area contributed by atoms with Crippen molar-refractivity contribution in [3.8, 4) is 0 Å². The zero-order valence-electron chi connectivity index (χ0n) is 9.25. The first-order valence-corrected chi connectivity index (χ1v) is 5.19. The molecule has 0 bridgehead atoms. The van der Waals surface area contributed by atoms with Crippen molar-refractivity contribution in [1.29, 1.82) is 0 Å². The zero-order valence-corrected chi connectivity index (χ0v) is 9.25. The second-order valence-corrected chi connectivity index (χ2v) is 3.77. The fraction of sp³-hybridized carbons (Fsp3) is 0.167. The summed E-state index contributed by atoms with van der Waals surface area (Å²) in [6, 6.07) is 5.84. The zero-order chi connectivity index (χ0) is 13.1. The minimum absolute atomic E-state index is 0.0366. The summed E-state index contributed by atoms with van der Waals surface area (Å²) in [5.74, 6) is -1.05. The maximum Gasteiger partial charge on any atom is 0.338 e. The standard InChI is InChI=1S/C12H10F2N2O2/c13-11(14)9-3-1-8(2-4-9)6-16-7-10(5-15-16)12(17)18/h1-5,7,11H,6H2,(H,17,18). The van der Waals surface area contributed by atoms with Gasteiger partial charge in [-0.2, -0.15) is 5.10 Å². The van der Waals surface area contributed by atoms with Crippen molar-refractivity contribution in [2.75, 3.05) is 0 Å². The Bertz CT molecular complexity index is 549. The molecular weight excluding hydrogens is 242 g/mol. The van der Waals surface area contributed by atoms with Gasteiger partial charge in [0.05, 0.1) is 18.3 Å². The van der Waals surface area contributed by atoms with Crippen LogP contribution in [0.3, 0.4) is 0 Å². The van der Waals surface area contributed by atoms with Gasteiger partial charge < -0.3 is 5.11 Å². The van der Waals surface area contributed by atoms with E-state index < -0.39 is 12.4 Å². The number of carbonyl (C=O) groups is 1. The van der Waals surface area contributed by atoms with Gasteiger partial charge in [0, 0.05) is 11.8 Å². The van der Waals surface area contributed by atoms with Crippen LogP contribution in [-0.4, -0.2) is 20.9 Å². The molecule has 18 heavy (non-hydrogen) atoms. The number of benzene rings is 1. The minimum Gasteiger partial charge on any atom is -0.478 e. The van der Waals surface area contributed by atoms with Crippen molar-refractivity contribution in [2.24, 2.45) is 0 Å².